The number of hydrogen-bond donors (Lipinski definition) is 1. The van der Waals surface area contributed by atoms with Gasteiger partial charge in [-0.25, -0.2) is 9.50 Å². The number of carbonyl (C=O) groups is 2. The lowest BCUT2D eigenvalue weighted by Crippen LogP contribution is -2.31. The first kappa shape index (κ1) is 19.9. The van der Waals surface area contributed by atoms with Crippen molar-refractivity contribution in [3.63, 3.8) is 0 Å². The average Bonchev–Trinajstić information content (AvgIpc) is 3.29. The summed E-state index contributed by atoms with van der Waals surface area (Å²) < 4.78 is 7.00. The van der Waals surface area contributed by atoms with Gasteiger partial charge in [0.05, 0.1) is 19.2 Å². The van der Waals surface area contributed by atoms with E-state index in [0.29, 0.717) is 42.1 Å². The van der Waals surface area contributed by atoms with Gasteiger partial charge in [-0.3, -0.25) is 9.59 Å². The van der Waals surface area contributed by atoms with Gasteiger partial charge < -0.3 is 14.6 Å². The van der Waals surface area contributed by atoms with Crippen LogP contribution in [0.4, 0.5) is 0 Å². The van der Waals surface area contributed by atoms with E-state index in [9.17, 15) is 9.59 Å². The third kappa shape index (κ3) is 4.66. The van der Waals surface area contributed by atoms with Crippen molar-refractivity contribution in [2.75, 3.05) is 0 Å². The van der Waals surface area contributed by atoms with Gasteiger partial charge in [-0.1, -0.05) is 12.1 Å². The second-order valence-corrected chi connectivity index (χ2v) is 7.84. The Kier molecular flexibility index (Phi) is 5.37. The van der Waals surface area contributed by atoms with Crippen molar-refractivity contribution < 1.29 is 14.0 Å². The van der Waals surface area contributed by atoms with Gasteiger partial charge in [0.1, 0.15) is 5.76 Å². The molecule has 1 fully saturated rings. The Bertz CT molecular complexity index is 1200. The van der Waals surface area contributed by atoms with Gasteiger partial charge in [-0.2, -0.15) is 4.98 Å². The molecule has 0 aliphatic heterocycles. The SMILES string of the molecule is O=C(NC1CC1)c1ccc(CN(Cc2ccco2)C(=O)Cc2nc3ncccn3n2)cc1. The third-order valence-corrected chi connectivity index (χ3v) is 5.25. The van der Waals surface area contributed by atoms with Crippen molar-refractivity contribution in [1.29, 1.82) is 0 Å². The Morgan fingerprint density at radius 1 is 1.12 bits per heavy atom. The molecule has 0 bridgehead atoms. The predicted molar refractivity (Wildman–Crippen MR) is 114 cm³/mol. The molecule has 3 heterocycles. The van der Waals surface area contributed by atoms with Crippen LogP contribution in [0.5, 0.6) is 0 Å². The van der Waals surface area contributed by atoms with E-state index in [4.69, 9.17) is 4.42 Å². The summed E-state index contributed by atoms with van der Waals surface area (Å²) in [4.78, 5) is 35.5. The molecular weight excluding hydrogens is 408 g/mol. The van der Waals surface area contributed by atoms with E-state index in [1.165, 1.54) is 0 Å². The van der Waals surface area contributed by atoms with Crippen LogP contribution >= 0.6 is 0 Å². The maximum atomic E-state index is 13.1. The molecule has 1 N–H and O–H groups in total. The first-order valence-electron chi connectivity index (χ1n) is 10.5. The second-order valence-electron chi connectivity index (χ2n) is 7.84. The molecule has 162 valence electrons. The predicted octanol–water partition coefficient (Wildman–Crippen LogP) is 2.38. The van der Waals surface area contributed by atoms with Crippen LogP contribution in [0.1, 0.15) is 40.3 Å². The lowest BCUT2D eigenvalue weighted by atomic mass is 10.1. The fourth-order valence-corrected chi connectivity index (χ4v) is 3.40. The number of nitrogens with one attached hydrogen (secondary N) is 1. The first-order valence-corrected chi connectivity index (χ1v) is 10.5. The van der Waals surface area contributed by atoms with E-state index in [1.54, 1.807) is 52.3 Å². The number of rotatable bonds is 8. The number of carbonyl (C=O) groups excluding carboxylic acids is 2. The third-order valence-electron chi connectivity index (χ3n) is 5.25. The highest BCUT2D eigenvalue weighted by Crippen LogP contribution is 2.20. The Balaban J connectivity index is 1.30. The lowest BCUT2D eigenvalue weighted by molar-refractivity contribution is -0.132. The number of benzene rings is 1. The molecule has 9 heteroatoms. The van der Waals surface area contributed by atoms with Crippen LogP contribution < -0.4 is 5.32 Å². The maximum Gasteiger partial charge on any atom is 0.252 e. The molecule has 32 heavy (non-hydrogen) atoms. The Morgan fingerprint density at radius 2 is 1.97 bits per heavy atom. The highest BCUT2D eigenvalue weighted by atomic mass is 16.3. The number of nitrogens with zero attached hydrogens (tertiary/aromatic N) is 5. The molecule has 1 aliphatic carbocycles. The molecule has 4 aromatic rings. The first-order chi connectivity index (χ1) is 15.6. The molecule has 1 aromatic carbocycles. The van der Waals surface area contributed by atoms with Crippen molar-refractivity contribution >= 4 is 17.6 Å². The summed E-state index contributed by atoms with van der Waals surface area (Å²) in [6.07, 6.45) is 7.10. The molecule has 0 saturated heterocycles. The van der Waals surface area contributed by atoms with Crippen molar-refractivity contribution in [1.82, 2.24) is 29.8 Å². The monoisotopic (exact) mass is 430 g/mol. The van der Waals surface area contributed by atoms with Crippen LogP contribution in [0.2, 0.25) is 0 Å². The lowest BCUT2D eigenvalue weighted by Gasteiger charge is -2.21. The van der Waals surface area contributed by atoms with Gasteiger partial charge in [-0.05, 0) is 48.7 Å². The van der Waals surface area contributed by atoms with E-state index in [0.717, 1.165) is 18.4 Å². The number of furan rings is 1. The summed E-state index contributed by atoms with van der Waals surface area (Å²) in [7, 11) is 0. The zero-order valence-corrected chi connectivity index (χ0v) is 17.3. The average molecular weight is 430 g/mol. The second kappa shape index (κ2) is 8.62. The quantitative estimate of drug-likeness (QED) is 0.460. The molecule has 0 unspecified atom stereocenters. The van der Waals surface area contributed by atoms with E-state index in [2.05, 4.69) is 20.4 Å². The van der Waals surface area contributed by atoms with E-state index in [-0.39, 0.29) is 18.2 Å². The molecule has 5 rings (SSSR count). The smallest absolute Gasteiger partial charge is 0.252 e. The number of fused-ring (bicyclic) bond motifs is 1. The minimum atomic E-state index is -0.132. The van der Waals surface area contributed by atoms with Crippen LogP contribution in [0.3, 0.4) is 0 Å². The molecule has 0 spiro atoms. The van der Waals surface area contributed by atoms with Crippen LogP contribution in [0, 0.1) is 0 Å². The highest BCUT2D eigenvalue weighted by molar-refractivity contribution is 5.94. The van der Waals surface area contributed by atoms with Gasteiger partial charge in [0.25, 0.3) is 11.7 Å². The number of hydrogen-bond acceptors (Lipinski definition) is 6. The Labute approximate surface area is 184 Å². The summed E-state index contributed by atoms with van der Waals surface area (Å²) in [6, 6.07) is 13.0. The van der Waals surface area contributed by atoms with E-state index < -0.39 is 0 Å². The van der Waals surface area contributed by atoms with Crippen molar-refractivity contribution in [2.45, 2.75) is 38.4 Å². The van der Waals surface area contributed by atoms with Gasteiger partial charge in [-0.15, -0.1) is 5.10 Å². The van der Waals surface area contributed by atoms with Gasteiger partial charge in [0.2, 0.25) is 5.91 Å². The van der Waals surface area contributed by atoms with Gasteiger partial charge >= 0.3 is 0 Å². The Morgan fingerprint density at radius 3 is 2.69 bits per heavy atom. The molecule has 2 amide bonds. The normalized spacial score (nSPS) is 13.2. The van der Waals surface area contributed by atoms with Crippen LogP contribution in [-0.4, -0.2) is 42.3 Å². The van der Waals surface area contributed by atoms with Crippen molar-refractivity contribution in [3.05, 3.63) is 83.8 Å². The summed E-state index contributed by atoms with van der Waals surface area (Å²) in [5, 5.41) is 7.31. The zero-order chi connectivity index (χ0) is 21.9. The largest absolute Gasteiger partial charge is 0.467 e. The van der Waals surface area contributed by atoms with Crippen LogP contribution in [0.25, 0.3) is 5.78 Å². The standard InChI is InChI=1S/C23H22N6O3/c30-21(13-20-26-23-24-10-2-11-29(23)27-20)28(15-19-3-1-12-32-19)14-16-4-6-17(7-5-16)22(31)25-18-8-9-18/h1-7,10-12,18H,8-9,13-15H2,(H,25,31). The molecule has 1 aliphatic rings. The zero-order valence-electron chi connectivity index (χ0n) is 17.3. The summed E-state index contributed by atoms with van der Waals surface area (Å²) in [5.41, 5.74) is 1.53. The van der Waals surface area contributed by atoms with Crippen molar-refractivity contribution in [2.24, 2.45) is 0 Å². The minimum absolute atomic E-state index is 0.0476. The minimum Gasteiger partial charge on any atom is -0.467 e. The summed E-state index contributed by atoms with van der Waals surface area (Å²) in [6.45, 7) is 0.692. The van der Waals surface area contributed by atoms with Crippen LogP contribution in [-0.2, 0) is 24.3 Å². The highest BCUT2D eigenvalue weighted by Gasteiger charge is 2.24. The van der Waals surface area contributed by atoms with Crippen LogP contribution in [0.15, 0.2) is 65.5 Å². The van der Waals surface area contributed by atoms with Crippen molar-refractivity contribution in [3.8, 4) is 0 Å². The van der Waals surface area contributed by atoms with E-state index >= 15 is 0 Å². The van der Waals surface area contributed by atoms with E-state index in [1.807, 2.05) is 18.2 Å². The molecule has 9 nitrogen and oxygen atoms in total. The summed E-state index contributed by atoms with van der Waals surface area (Å²) in [5.74, 6) is 1.35. The van der Waals surface area contributed by atoms with Gasteiger partial charge in [0, 0.05) is 30.5 Å². The molecular formula is C23H22N6O3. The van der Waals surface area contributed by atoms with Gasteiger partial charge in [0.15, 0.2) is 5.82 Å². The maximum absolute atomic E-state index is 13.1. The molecule has 0 radical (unpaired) electrons. The Hall–Kier alpha value is -4.01. The summed E-state index contributed by atoms with van der Waals surface area (Å²) >= 11 is 0. The number of amides is 2. The molecule has 1 saturated carbocycles. The number of aromatic nitrogens is 4. The fourth-order valence-electron chi connectivity index (χ4n) is 3.40. The fraction of sp³-hybridized carbons (Fsp3) is 0.261. The topological polar surface area (TPSA) is 106 Å². The molecule has 3 aromatic heterocycles. The molecule has 0 atom stereocenters.